The van der Waals surface area contributed by atoms with Gasteiger partial charge in [0.05, 0.1) is 10.6 Å². The zero-order chi connectivity index (χ0) is 19.7. The van der Waals surface area contributed by atoms with Gasteiger partial charge in [-0.1, -0.05) is 17.7 Å². The van der Waals surface area contributed by atoms with Crippen LogP contribution >= 0.6 is 11.3 Å². The zero-order valence-corrected chi connectivity index (χ0v) is 16.9. The molecule has 5 nitrogen and oxygen atoms in total. The molecule has 1 aliphatic carbocycles. The molecule has 1 saturated carbocycles. The molecular weight excluding hydrogens is 372 g/mol. The summed E-state index contributed by atoms with van der Waals surface area (Å²) in [5, 5.41) is 6.05. The van der Waals surface area contributed by atoms with Gasteiger partial charge in [-0.3, -0.25) is 9.59 Å². The van der Waals surface area contributed by atoms with Crippen LogP contribution in [0.2, 0.25) is 0 Å². The van der Waals surface area contributed by atoms with Crippen LogP contribution < -0.4 is 5.32 Å². The van der Waals surface area contributed by atoms with E-state index < -0.39 is 6.10 Å². The molecule has 2 aromatic heterocycles. The lowest BCUT2D eigenvalue weighted by Gasteiger charge is -2.13. The van der Waals surface area contributed by atoms with Crippen molar-refractivity contribution in [1.29, 1.82) is 0 Å². The maximum atomic E-state index is 12.3. The molecule has 0 radical (unpaired) electrons. The summed E-state index contributed by atoms with van der Waals surface area (Å²) in [5.74, 6) is -0.560. The molecule has 0 saturated heterocycles. The number of aromatic nitrogens is 1. The van der Waals surface area contributed by atoms with Gasteiger partial charge in [0, 0.05) is 23.4 Å². The Morgan fingerprint density at radius 3 is 2.86 bits per heavy atom. The van der Waals surface area contributed by atoms with E-state index in [2.05, 4.69) is 41.5 Å². The van der Waals surface area contributed by atoms with Crippen molar-refractivity contribution in [3.8, 4) is 10.6 Å². The molecule has 0 bridgehead atoms. The van der Waals surface area contributed by atoms with Crippen molar-refractivity contribution in [3.63, 3.8) is 0 Å². The number of rotatable bonds is 7. The molecule has 4 rings (SSSR count). The van der Waals surface area contributed by atoms with Crippen LogP contribution in [0.25, 0.3) is 21.5 Å². The van der Waals surface area contributed by atoms with Gasteiger partial charge in [-0.05, 0) is 62.3 Å². The number of thiophene rings is 1. The van der Waals surface area contributed by atoms with Crippen LogP contribution in [0.4, 0.5) is 0 Å². The number of carbonyl (C=O) groups excluding carboxylic acids is 2. The Hall–Kier alpha value is -2.60. The molecule has 1 fully saturated rings. The van der Waals surface area contributed by atoms with E-state index in [9.17, 15) is 9.59 Å². The highest BCUT2D eigenvalue weighted by Crippen LogP contribution is 2.34. The smallest absolute Gasteiger partial charge is 0.306 e. The quantitative estimate of drug-likeness (QED) is 0.583. The summed E-state index contributed by atoms with van der Waals surface area (Å²) in [7, 11) is 0. The predicted octanol–water partition coefficient (Wildman–Crippen LogP) is 4.35. The van der Waals surface area contributed by atoms with E-state index >= 15 is 0 Å². The summed E-state index contributed by atoms with van der Waals surface area (Å²) in [6.07, 6.45) is 2.07. The number of aryl methyl sites for hydroxylation is 2. The number of hydrogen-bond acceptors (Lipinski definition) is 4. The van der Waals surface area contributed by atoms with E-state index in [1.54, 1.807) is 18.3 Å². The monoisotopic (exact) mass is 396 g/mol. The second-order valence-electron chi connectivity index (χ2n) is 7.42. The van der Waals surface area contributed by atoms with E-state index in [4.69, 9.17) is 4.74 Å². The molecule has 2 heterocycles. The second-order valence-corrected chi connectivity index (χ2v) is 8.37. The minimum absolute atomic E-state index is 0.210. The van der Waals surface area contributed by atoms with Crippen LogP contribution in [0.1, 0.15) is 37.3 Å². The number of hydrogen-bond donors (Lipinski definition) is 2. The third kappa shape index (κ3) is 4.12. The van der Waals surface area contributed by atoms with Crippen molar-refractivity contribution >= 4 is 34.1 Å². The highest BCUT2D eigenvalue weighted by atomic mass is 32.1. The fraction of sp³-hybridized carbons (Fsp3) is 0.364. The minimum atomic E-state index is -0.755. The predicted molar refractivity (Wildman–Crippen MR) is 111 cm³/mol. The number of fused-ring (bicyclic) bond motifs is 1. The molecule has 1 atom stereocenters. The number of carbonyl (C=O) groups is 2. The van der Waals surface area contributed by atoms with Gasteiger partial charge in [0.2, 0.25) is 0 Å². The molecule has 0 unspecified atom stereocenters. The summed E-state index contributed by atoms with van der Waals surface area (Å²) >= 11 is 1.67. The fourth-order valence-corrected chi connectivity index (χ4v) is 4.09. The summed E-state index contributed by atoms with van der Waals surface area (Å²) in [6, 6.07) is 10.7. The van der Waals surface area contributed by atoms with Crippen molar-refractivity contribution in [2.45, 2.75) is 51.7 Å². The molecule has 0 aliphatic heterocycles. The molecule has 0 spiro atoms. The molecule has 1 aromatic carbocycles. The van der Waals surface area contributed by atoms with Crippen LogP contribution in [0, 0.1) is 6.92 Å². The van der Waals surface area contributed by atoms with Gasteiger partial charge in [-0.2, -0.15) is 0 Å². The van der Waals surface area contributed by atoms with E-state index in [1.807, 2.05) is 11.4 Å². The Kier molecular flexibility index (Phi) is 5.22. The molecule has 6 heteroatoms. The Labute approximate surface area is 168 Å². The van der Waals surface area contributed by atoms with Crippen molar-refractivity contribution in [3.05, 3.63) is 46.8 Å². The topological polar surface area (TPSA) is 71.2 Å². The Morgan fingerprint density at radius 2 is 2.14 bits per heavy atom. The number of ether oxygens (including phenoxy) is 1. The number of esters is 1. The first kappa shape index (κ1) is 18.7. The number of H-pyrrole nitrogens is 1. The van der Waals surface area contributed by atoms with Gasteiger partial charge in [-0.15, -0.1) is 11.3 Å². The van der Waals surface area contributed by atoms with Gasteiger partial charge < -0.3 is 15.0 Å². The summed E-state index contributed by atoms with van der Waals surface area (Å²) < 4.78 is 5.35. The van der Waals surface area contributed by atoms with Gasteiger partial charge in [-0.25, -0.2) is 0 Å². The average molecular weight is 397 g/mol. The van der Waals surface area contributed by atoms with Crippen LogP contribution in [0.5, 0.6) is 0 Å². The van der Waals surface area contributed by atoms with E-state index in [0.29, 0.717) is 6.42 Å². The molecule has 146 valence electrons. The maximum absolute atomic E-state index is 12.3. The van der Waals surface area contributed by atoms with Crippen LogP contribution in [0.15, 0.2) is 35.7 Å². The number of aromatic amines is 1. The average Bonchev–Trinajstić information content (AvgIpc) is 3.18. The fourth-order valence-electron chi connectivity index (χ4n) is 3.34. The van der Waals surface area contributed by atoms with E-state index in [-0.39, 0.29) is 24.3 Å². The summed E-state index contributed by atoms with van der Waals surface area (Å²) in [4.78, 5) is 29.0. The molecule has 2 N–H and O–H groups in total. The number of nitrogens with one attached hydrogen (secondary N) is 2. The largest absolute Gasteiger partial charge is 0.453 e. The van der Waals surface area contributed by atoms with Crippen LogP contribution in [-0.4, -0.2) is 29.0 Å². The Bertz CT molecular complexity index is 1000. The maximum Gasteiger partial charge on any atom is 0.306 e. The van der Waals surface area contributed by atoms with E-state index in [0.717, 1.165) is 39.9 Å². The normalized spacial score (nSPS) is 14.8. The van der Waals surface area contributed by atoms with Crippen molar-refractivity contribution in [2.75, 3.05) is 0 Å². The van der Waals surface area contributed by atoms with Gasteiger partial charge >= 0.3 is 5.97 Å². The molecule has 28 heavy (non-hydrogen) atoms. The highest BCUT2D eigenvalue weighted by molar-refractivity contribution is 7.13. The third-order valence-electron chi connectivity index (χ3n) is 5.01. The van der Waals surface area contributed by atoms with Crippen molar-refractivity contribution in [2.24, 2.45) is 0 Å². The lowest BCUT2D eigenvalue weighted by atomic mass is 10.0. The van der Waals surface area contributed by atoms with Gasteiger partial charge in [0.15, 0.2) is 6.10 Å². The highest BCUT2D eigenvalue weighted by Gasteiger charge is 2.27. The molecule has 3 aromatic rings. The first-order valence-electron chi connectivity index (χ1n) is 9.66. The molecular formula is C22H24N2O3S. The van der Waals surface area contributed by atoms with E-state index in [1.165, 1.54) is 5.56 Å². The SMILES string of the molecule is Cc1ccc2[nH]c(-c3cccs3)c(CCC(=O)O[C@@H](C)C(=O)NC3CC3)c2c1. The first-order chi connectivity index (χ1) is 13.5. The zero-order valence-electron chi connectivity index (χ0n) is 16.1. The lowest BCUT2D eigenvalue weighted by Crippen LogP contribution is -2.37. The minimum Gasteiger partial charge on any atom is -0.453 e. The third-order valence-corrected chi connectivity index (χ3v) is 5.90. The van der Waals surface area contributed by atoms with Crippen molar-refractivity contribution < 1.29 is 14.3 Å². The lowest BCUT2D eigenvalue weighted by molar-refractivity contribution is -0.154. The van der Waals surface area contributed by atoms with Crippen LogP contribution in [0.3, 0.4) is 0 Å². The standard InChI is InChI=1S/C22H24N2O3S/c1-13-5-9-18-17(12-13)16(21(24-18)19-4-3-11-28-19)8-10-20(25)27-14(2)22(26)23-15-6-7-15/h3-5,9,11-12,14-15,24H,6-8,10H2,1-2H3,(H,23,26)/t14-/m0/s1. The van der Waals surface area contributed by atoms with Gasteiger partial charge in [0.25, 0.3) is 5.91 Å². The van der Waals surface area contributed by atoms with Crippen molar-refractivity contribution in [1.82, 2.24) is 10.3 Å². The summed E-state index contributed by atoms with van der Waals surface area (Å²) in [5.41, 5.74) is 4.42. The number of amides is 1. The van der Waals surface area contributed by atoms with Gasteiger partial charge in [0.1, 0.15) is 0 Å². The number of benzene rings is 1. The molecule has 1 aliphatic rings. The summed E-state index contributed by atoms with van der Waals surface area (Å²) in [6.45, 7) is 3.69. The Morgan fingerprint density at radius 1 is 1.32 bits per heavy atom. The first-order valence-corrected chi connectivity index (χ1v) is 10.5. The Balaban J connectivity index is 1.49. The second kappa shape index (κ2) is 7.80. The van der Waals surface area contributed by atoms with Crippen LogP contribution in [-0.2, 0) is 20.7 Å². The molecule has 1 amide bonds.